The van der Waals surface area contributed by atoms with Gasteiger partial charge in [0, 0.05) is 19.3 Å². The van der Waals surface area contributed by atoms with E-state index in [9.17, 15) is 15.0 Å². The predicted octanol–water partition coefficient (Wildman–Crippen LogP) is 0.330. The molecule has 0 bridgehead atoms. The second kappa shape index (κ2) is 13.5. The van der Waals surface area contributed by atoms with E-state index in [0.29, 0.717) is 56.4 Å². The highest BCUT2D eigenvalue weighted by atomic mass is 16.5. The van der Waals surface area contributed by atoms with Crippen molar-refractivity contribution in [2.75, 3.05) is 65.2 Å². The van der Waals surface area contributed by atoms with Crippen molar-refractivity contribution in [3.63, 3.8) is 0 Å². The van der Waals surface area contributed by atoms with E-state index in [1.54, 1.807) is 30.2 Å². The fourth-order valence-corrected chi connectivity index (χ4v) is 2.27. The molecule has 1 aromatic rings. The van der Waals surface area contributed by atoms with Crippen molar-refractivity contribution in [1.29, 1.82) is 0 Å². The highest BCUT2D eigenvalue weighted by Gasteiger charge is 2.13. The number of esters is 1. The summed E-state index contributed by atoms with van der Waals surface area (Å²) >= 11 is 0. The van der Waals surface area contributed by atoms with Gasteiger partial charge in [-0.3, -0.25) is 4.79 Å². The molecule has 2 N–H and O–H groups in total. The van der Waals surface area contributed by atoms with Crippen LogP contribution in [0.1, 0.15) is 11.1 Å². The second-order valence-corrected chi connectivity index (χ2v) is 5.54. The second-order valence-electron chi connectivity index (χ2n) is 5.54. The lowest BCUT2D eigenvalue weighted by atomic mass is 10.1. The van der Waals surface area contributed by atoms with Crippen LogP contribution in [0.3, 0.4) is 0 Å². The Morgan fingerprint density at radius 2 is 1.50 bits per heavy atom. The Hall–Kier alpha value is -1.71. The molecule has 0 spiro atoms. The van der Waals surface area contributed by atoms with Crippen molar-refractivity contribution in [2.24, 2.45) is 0 Å². The average molecular weight is 371 g/mol. The number of aliphatic hydroxyl groups is 2. The van der Waals surface area contributed by atoms with Gasteiger partial charge in [-0.15, -0.1) is 0 Å². The lowest BCUT2D eigenvalue weighted by molar-refractivity contribution is -0.139. The standard InChI is InChI=1S/C18H29NO7/c1-23-5-6-26-8-7-25-4-3-19(12-18(22)24-2)17-10-15(13-20)9-16(11-17)14-21/h9-11,20-21H,3-8,12-14H2,1-2H3. The van der Waals surface area contributed by atoms with Crippen molar-refractivity contribution in [3.8, 4) is 0 Å². The molecule has 0 aliphatic carbocycles. The maximum absolute atomic E-state index is 11.7. The Morgan fingerprint density at radius 3 is 2.04 bits per heavy atom. The van der Waals surface area contributed by atoms with Gasteiger partial charge in [-0.05, 0) is 23.3 Å². The van der Waals surface area contributed by atoms with Gasteiger partial charge in [0.25, 0.3) is 0 Å². The third kappa shape index (κ3) is 8.59. The van der Waals surface area contributed by atoms with Gasteiger partial charge in [0.2, 0.25) is 0 Å². The molecule has 0 heterocycles. The molecule has 0 aliphatic rings. The fraction of sp³-hybridized carbons (Fsp3) is 0.611. The maximum Gasteiger partial charge on any atom is 0.325 e. The first-order valence-electron chi connectivity index (χ1n) is 8.45. The van der Waals surface area contributed by atoms with Crippen molar-refractivity contribution < 1.29 is 34.0 Å². The molecule has 0 aliphatic heterocycles. The third-order valence-electron chi connectivity index (χ3n) is 3.62. The molecule has 0 unspecified atom stereocenters. The number of carbonyl (C=O) groups is 1. The molecule has 0 radical (unpaired) electrons. The average Bonchev–Trinajstić information content (AvgIpc) is 2.68. The Labute approximate surface area is 154 Å². The van der Waals surface area contributed by atoms with E-state index in [1.165, 1.54) is 7.11 Å². The summed E-state index contributed by atoms with van der Waals surface area (Å²) in [5, 5.41) is 18.8. The molecule has 8 heteroatoms. The molecule has 1 rings (SSSR count). The number of benzene rings is 1. The lowest BCUT2D eigenvalue weighted by Gasteiger charge is -2.24. The number of aliphatic hydroxyl groups excluding tert-OH is 2. The number of hydrogen-bond acceptors (Lipinski definition) is 8. The molecule has 0 aromatic heterocycles. The first-order chi connectivity index (χ1) is 12.6. The molecule has 148 valence electrons. The van der Waals surface area contributed by atoms with Crippen molar-refractivity contribution >= 4 is 11.7 Å². The maximum atomic E-state index is 11.7. The van der Waals surface area contributed by atoms with Crippen LogP contribution in [0.15, 0.2) is 18.2 Å². The Kier molecular flexibility index (Phi) is 11.6. The first-order valence-corrected chi connectivity index (χ1v) is 8.45. The summed E-state index contributed by atoms with van der Waals surface area (Å²) in [5.41, 5.74) is 2.04. The SMILES string of the molecule is COCCOCCOCCN(CC(=O)OC)c1cc(CO)cc(CO)c1. The predicted molar refractivity (Wildman–Crippen MR) is 96.0 cm³/mol. The fourth-order valence-electron chi connectivity index (χ4n) is 2.27. The normalized spacial score (nSPS) is 10.8. The number of carbonyl (C=O) groups excluding carboxylic acids is 1. The molecule has 26 heavy (non-hydrogen) atoms. The van der Waals surface area contributed by atoms with E-state index in [4.69, 9.17) is 18.9 Å². The van der Waals surface area contributed by atoms with Gasteiger partial charge >= 0.3 is 5.97 Å². The zero-order valence-electron chi connectivity index (χ0n) is 15.5. The zero-order valence-corrected chi connectivity index (χ0v) is 15.5. The molecule has 0 saturated carbocycles. The smallest absolute Gasteiger partial charge is 0.325 e. The summed E-state index contributed by atoms with van der Waals surface area (Å²) in [6.45, 7) is 2.56. The van der Waals surface area contributed by atoms with Crippen LogP contribution in [0, 0.1) is 0 Å². The molecular formula is C18H29NO7. The van der Waals surface area contributed by atoms with Crippen LogP contribution in [0.2, 0.25) is 0 Å². The van der Waals surface area contributed by atoms with Crippen molar-refractivity contribution in [3.05, 3.63) is 29.3 Å². The van der Waals surface area contributed by atoms with Crippen molar-refractivity contribution in [1.82, 2.24) is 0 Å². The molecule has 0 saturated heterocycles. The van der Waals surface area contributed by atoms with Gasteiger partial charge in [-0.25, -0.2) is 0 Å². The van der Waals surface area contributed by atoms with E-state index < -0.39 is 0 Å². The molecule has 1 aromatic carbocycles. The monoisotopic (exact) mass is 371 g/mol. The van der Waals surface area contributed by atoms with Crippen LogP contribution in [0.4, 0.5) is 5.69 Å². The summed E-state index contributed by atoms with van der Waals surface area (Å²) in [7, 11) is 2.95. The molecule has 0 fully saturated rings. The van der Waals surface area contributed by atoms with Crippen LogP contribution in [-0.4, -0.2) is 76.5 Å². The Morgan fingerprint density at radius 1 is 0.923 bits per heavy atom. The number of rotatable bonds is 14. The first kappa shape index (κ1) is 22.3. The summed E-state index contributed by atoms with van der Waals surface area (Å²) in [6.07, 6.45) is 0. The van der Waals surface area contributed by atoms with E-state index in [-0.39, 0.29) is 25.7 Å². The van der Waals surface area contributed by atoms with Gasteiger partial charge in [-0.1, -0.05) is 6.07 Å². The molecule has 8 nitrogen and oxygen atoms in total. The highest BCUT2D eigenvalue weighted by molar-refractivity contribution is 5.75. The van der Waals surface area contributed by atoms with Crippen LogP contribution in [0.25, 0.3) is 0 Å². The van der Waals surface area contributed by atoms with E-state index in [1.807, 2.05) is 0 Å². The zero-order chi connectivity index (χ0) is 19.2. The summed E-state index contributed by atoms with van der Waals surface area (Å²) < 4.78 is 20.5. The quantitative estimate of drug-likeness (QED) is 0.357. The Balaban J connectivity index is 2.61. The number of nitrogens with zero attached hydrogens (tertiary/aromatic N) is 1. The summed E-state index contributed by atoms with van der Waals surface area (Å²) in [4.78, 5) is 13.5. The largest absolute Gasteiger partial charge is 0.468 e. The van der Waals surface area contributed by atoms with E-state index in [0.717, 1.165) is 0 Å². The van der Waals surface area contributed by atoms with E-state index in [2.05, 4.69) is 0 Å². The van der Waals surface area contributed by atoms with Crippen LogP contribution >= 0.6 is 0 Å². The number of anilines is 1. The van der Waals surface area contributed by atoms with Crippen LogP contribution < -0.4 is 4.90 Å². The minimum absolute atomic E-state index is 0.0456. The topological polar surface area (TPSA) is 97.7 Å². The number of ether oxygens (including phenoxy) is 4. The summed E-state index contributed by atoms with van der Waals surface area (Å²) in [5.74, 6) is -0.382. The van der Waals surface area contributed by atoms with Crippen molar-refractivity contribution in [2.45, 2.75) is 13.2 Å². The van der Waals surface area contributed by atoms with Gasteiger partial charge in [0.05, 0.1) is 53.4 Å². The van der Waals surface area contributed by atoms with Crippen LogP contribution in [0.5, 0.6) is 0 Å². The van der Waals surface area contributed by atoms with Crippen LogP contribution in [-0.2, 0) is 37.0 Å². The number of methoxy groups -OCH3 is 2. The molecular weight excluding hydrogens is 342 g/mol. The minimum Gasteiger partial charge on any atom is -0.468 e. The molecule has 0 amide bonds. The highest BCUT2D eigenvalue weighted by Crippen LogP contribution is 2.20. The summed E-state index contributed by atoms with van der Waals surface area (Å²) in [6, 6.07) is 5.26. The Bertz CT molecular complexity index is 502. The lowest BCUT2D eigenvalue weighted by Crippen LogP contribution is -2.34. The van der Waals surface area contributed by atoms with Gasteiger partial charge in [0.15, 0.2) is 0 Å². The minimum atomic E-state index is -0.382. The van der Waals surface area contributed by atoms with Gasteiger partial charge in [-0.2, -0.15) is 0 Å². The van der Waals surface area contributed by atoms with Gasteiger partial charge < -0.3 is 34.1 Å². The van der Waals surface area contributed by atoms with E-state index >= 15 is 0 Å². The van der Waals surface area contributed by atoms with Gasteiger partial charge in [0.1, 0.15) is 6.54 Å². The third-order valence-corrected chi connectivity index (χ3v) is 3.62. The number of hydrogen-bond donors (Lipinski definition) is 2. The molecule has 0 atom stereocenters.